The molecule has 0 unspecified atom stereocenters. The van der Waals surface area contributed by atoms with Crippen LogP contribution in [0.25, 0.3) is 6.08 Å². The number of nitro groups is 1. The highest BCUT2D eigenvalue weighted by molar-refractivity contribution is 5.95. The lowest BCUT2D eigenvalue weighted by atomic mass is 10.1. The first kappa shape index (κ1) is 17.4. The number of likely N-dealkylation sites (tertiary alicyclic amines) is 1. The van der Waals surface area contributed by atoms with Crippen molar-refractivity contribution >= 4 is 17.7 Å². The van der Waals surface area contributed by atoms with E-state index in [4.69, 9.17) is 0 Å². The second-order valence-electron chi connectivity index (χ2n) is 6.68. The predicted octanol–water partition coefficient (Wildman–Crippen LogP) is 2.05. The van der Waals surface area contributed by atoms with Crippen LogP contribution in [0.4, 0.5) is 5.69 Å². The first-order valence-corrected chi connectivity index (χ1v) is 8.73. The summed E-state index contributed by atoms with van der Waals surface area (Å²) in [5.41, 5.74) is 1.03. The van der Waals surface area contributed by atoms with E-state index in [1.54, 1.807) is 18.2 Å². The number of rotatable bonds is 4. The molecule has 3 rings (SSSR count). The van der Waals surface area contributed by atoms with Crippen LogP contribution in [0.1, 0.15) is 28.8 Å². The Morgan fingerprint density at radius 3 is 2.44 bits per heavy atom. The second-order valence-corrected chi connectivity index (χ2v) is 6.68. The van der Waals surface area contributed by atoms with E-state index in [9.17, 15) is 14.9 Å². The van der Waals surface area contributed by atoms with Gasteiger partial charge in [0.1, 0.15) is 0 Å². The van der Waals surface area contributed by atoms with Crippen LogP contribution in [0.15, 0.2) is 24.4 Å². The van der Waals surface area contributed by atoms with Crippen LogP contribution in [0.2, 0.25) is 0 Å². The number of hydrogen-bond donors (Lipinski definition) is 0. The van der Waals surface area contributed by atoms with Crippen LogP contribution in [0.3, 0.4) is 0 Å². The predicted molar refractivity (Wildman–Crippen MR) is 96.3 cm³/mol. The molecule has 2 heterocycles. The summed E-state index contributed by atoms with van der Waals surface area (Å²) in [5, 5.41) is 11.3. The van der Waals surface area contributed by atoms with Crippen molar-refractivity contribution in [2.24, 2.45) is 0 Å². The maximum atomic E-state index is 12.7. The summed E-state index contributed by atoms with van der Waals surface area (Å²) < 4.78 is 0. The highest BCUT2D eigenvalue weighted by atomic mass is 16.6. The molecular weight excluding hydrogens is 320 g/mol. The monoisotopic (exact) mass is 344 g/mol. The Morgan fingerprint density at radius 1 is 1.12 bits per heavy atom. The van der Waals surface area contributed by atoms with E-state index in [1.807, 2.05) is 18.1 Å². The quantitative estimate of drug-likeness (QED) is 0.618. The van der Waals surface area contributed by atoms with Gasteiger partial charge in [0.25, 0.3) is 11.6 Å². The summed E-state index contributed by atoms with van der Waals surface area (Å²) in [7, 11) is 2.04. The number of hydrogen-bond acceptors (Lipinski definition) is 5. The lowest BCUT2D eigenvalue weighted by Gasteiger charge is -2.32. The molecule has 0 radical (unpaired) electrons. The summed E-state index contributed by atoms with van der Waals surface area (Å²) in [6.45, 7) is 5.02. The smallest absolute Gasteiger partial charge is 0.276 e. The van der Waals surface area contributed by atoms with Gasteiger partial charge in [0.05, 0.1) is 10.5 Å². The number of benzene rings is 1. The number of nitro benzene ring substituents is 1. The third-order valence-corrected chi connectivity index (χ3v) is 4.87. The van der Waals surface area contributed by atoms with Gasteiger partial charge in [0, 0.05) is 50.9 Å². The SMILES string of the molecule is CN1CCN(C(=O)c2ccc([N+](=O)[O-])c(C=CN3CCCC3)c2)CC1. The van der Waals surface area contributed by atoms with E-state index in [1.165, 1.54) is 6.07 Å². The normalized spacial score (nSPS) is 18.9. The number of piperazine rings is 1. The van der Waals surface area contributed by atoms with Crippen molar-refractivity contribution in [2.75, 3.05) is 46.3 Å². The molecule has 1 aromatic rings. The van der Waals surface area contributed by atoms with Gasteiger partial charge < -0.3 is 14.7 Å². The summed E-state index contributed by atoms with van der Waals surface area (Å²) >= 11 is 0. The zero-order chi connectivity index (χ0) is 17.8. The molecule has 0 N–H and O–H groups in total. The van der Waals surface area contributed by atoms with Crippen molar-refractivity contribution in [1.29, 1.82) is 0 Å². The number of likely N-dealkylation sites (N-methyl/N-ethyl adjacent to an activating group) is 1. The molecule has 0 spiro atoms. The molecule has 2 aliphatic heterocycles. The minimum absolute atomic E-state index is 0.0328. The minimum Gasteiger partial charge on any atom is -0.377 e. The van der Waals surface area contributed by atoms with Crippen LogP contribution in [0.5, 0.6) is 0 Å². The van der Waals surface area contributed by atoms with Crippen molar-refractivity contribution in [3.8, 4) is 0 Å². The molecule has 0 aliphatic carbocycles. The first-order valence-electron chi connectivity index (χ1n) is 8.73. The van der Waals surface area contributed by atoms with Crippen LogP contribution >= 0.6 is 0 Å². The Balaban J connectivity index is 1.81. The second kappa shape index (κ2) is 7.65. The molecule has 134 valence electrons. The van der Waals surface area contributed by atoms with E-state index < -0.39 is 4.92 Å². The van der Waals surface area contributed by atoms with Crippen LogP contribution in [-0.4, -0.2) is 71.8 Å². The number of carbonyl (C=O) groups excluding carboxylic acids is 1. The lowest BCUT2D eigenvalue weighted by molar-refractivity contribution is -0.385. The van der Waals surface area contributed by atoms with E-state index >= 15 is 0 Å². The van der Waals surface area contributed by atoms with Crippen molar-refractivity contribution in [2.45, 2.75) is 12.8 Å². The minimum atomic E-state index is -0.395. The van der Waals surface area contributed by atoms with Gasteiger partial charge in [-0.3, -0.25) is 14.9 Å². The highest BCUT2D eigenvalue weighted by Crippen LogP contribution is 2.23. The zero-order valence-electron chi connectivity index (χ0n) is 14.6. The highest BCUT2D eigenvalue weighted by Gasteiger charge is 2.22. The van der Waals surface area contributed by atoms with Crippen LogP contribution in [0, 0.1) is 10.1 Å². The fourth-order valence-electron chi connectivity index (χ4n) is 3.26. The van der Waals surface area contributed by atoms with Crippen molar-refractivity contribution in [3.63, 3.8) is 0 Å². The van der Waals surface area contributed by atoms with Crippen molar-refractivity contribution < 1.29 is 9.72 Å². The van der Waals surface area contributed by atoms with Gasteiger partial charge in [-0.05, 0) is 44.3 Å². The van der Waals surface area contributed by atoms with Crippen molar-refractivity contribution in [1.82, 2.24) is 14.7 Å². The van der Waals surface area contributed by atoms with Gasteiger partial charge in [-0.1, -0.05) is 0 Å². The molecule has 1 amide bonds. The molecule has 0 aromatic heterocycles. The van der Waals surface area contributed by atoms with Gasteiger partial charge >= 0.3 is 0 Å². The van der Waals surface area contributed by atoms with Gasteiger partial charge in [0.2, 0.25) is 0 Å². The summed E-state index contributed by atoms with van der Waals surface area (Å²) in [6, 6.07) is 4.64. The molecule has 0 bridgehead atoms. The molecule has 7 nitrogen and oxygen atoms in total. The summed E-state index contributed by atoms with van der Waals surface area (Å²) in [4.78, 5) is 29.8. The van der Waals surface area contributed by atoms with Crippen molar-refractivity contribution in [3.05, 3.63) is 45.6 Å². The molecule has 0 atom stereocenters. The third-order valence-electron chi connectivity index (χ3n) is 4.87. The Morgan fingerprint density at radius 2 is 1.80 bits per heavy atom. The number of carbonyl (C=O) groups is 1. The molecule has 1 aromatic carbocycles. The Kier molecular flexibility index (Phi) is 5.33. The van der Waals surface area contributed by atoms with Gasteiger partial charge in [-0.25, -0.2) is 0 Å². The molecule has 25 heavy (non-hydrogen) atoms. The molecule has 2 saturated heterocycles. The first-order chi connectivity index (χ1) is 12.0. The maximum Gasteiger partial charge on any atom is 0.276 e. The third kappa shape index (κ3) is 4.17. The Bertz CT molecular complexity index is 675. The van der Waals surface area contributed by atoms with Gasteiger partial charge in [-0.15, -0.1) is 0 Å². The molecule has 7 heteroatoms. The van der Waals surface area contributed by atoms with E-state index in [-0.39, 0.29) is 11.6 Å². The van der Waals surface area contributed by atoms with Gasteiger partial charge in [-0.2, -0.15) is 0 Å². The fourth-order valence-corrected chi connectivity index (χ4v) is 3.26. The standard InChI is InChI=1S/C18H24N4O3/c1-19-10-12-21(13-11-19)18(23)16-4-5-17(22(24)25)15(14-16)6-9-20-7-2-3-8-20/h4-6,9,14H,2-3,7-8,10-13H2,1H3. The fraction of sp³-hybridized carbons (Fsp3) is 0.500. The van der Waals surface area contributed by atoms with Crippen LogP contribution < -0.4 is 0 Å². The van der Waals surface area contributed by atoms with E-state index in [0.717, 1.165) is 39.0 Å². The van der Waals surface area contributed by atoms with Crippen LogP contribution in [-0.2, 0) is 0 Å². The average molecular weight is 344 g/mol. The summed E-state index contributed by atoms with van der Waals surface area (Å²) in [5.74, 6) is -0.0566. The average Bonchev–Trinajstić information content (AvgIpc) is 3.13. The Hall–Kier alpha value is -2.41. The molecule has 0 saturated carbocycles. The van der Waals surface area contributed by atoms with E-state index in [0.29, 0.717) is 24.2 Å². The number of amides is 1. The summed E-state index contributed by atoms with van der Waals surface area (Å²) in [6.07, 6.45) is 5.95. The largest absolute Gasteiger partial charge is 0.377 e. The molecular formula is C18H24N4O3. The Labute approximate surface area is 147 Å². The van der Waals surface area contributed by atoms with Gasteiger partial charge in [0.15, 0.2) is 0 Å². The lowest BCUT2D eigenvalue weighted by Crippen LogP contribution is -2.47. The molecule has 2 fully saturated rings. The topological polar surface area (TPSA) is 69.9 Å². The zero-order valence-corrected chi connectivity index (χ0v) is 14.6. The number of nitrogens with zero attached hydrogens (tertiary/aromatic N) is 4. The van der Waals surface area contributed by atoms with E-state index in [2.05, 4.69) is 9.80 Å². The molecule has 2 aliphatic rings. The maximum absolute atomic E-state index is 12.7.